The van der Waals surface area contributed by atoms with Crippen molar-refractivity contribution in [1.29, 1.82) is 0 Å². The van der Waals surface area contributed by atoms with E-state index in [2.05, 4.69) is 45.5 Å². The number of aromatic amines is 1. The summed E-state index contributed by atoms with van der Waals surface area (Å²) in [6.07, 6.45) is 2.68. The molecule has 28 heavy (non-hydrogen) atoms. The average Bonchev–Trinajstić information content (AvgIpc) is 3.08. The highest BCUT2D eigenvalue weighted by atomic mass is 32.2. The predicted molar refractivity (Wildman–Crippen MR) is 110 cm³/mol. The Hall–Kier alpha value is -2.84. The maximum absolute atomic E-state index is 12.0. The van der Waals surface area contributed by atoms with Crippen LogP contribution in [-0.2, 0) is 23.0 Å². The number of urea groups is 1. The van der Waals surface area contributed by atoms with Crippen LogP contribution in [0.15, 0.2) is 53.6 Å². The average molecular weight is 401 g/mol. The molecule has 2 aromatic carbocycles. The summed E-state index contributed by atoms with van der Waals surface area (Å²) in [5.74, 6) is 0. The number of benzene rings is 2. The number of amides is 2. The van der Waals surface area contributed by atoms with E-state index < -0.39 is 10.0 Å². The highest BCUT2D eigenvalue weighted by molar-refractivity contribution is 7.89. The molecule has 8 heteroatoms. The van der Waals surface area contributed by atoms with Crippen molar-refractivity contribution in [2.24, 2.45) is 0 Å². The molecule has 0 spiro atoms. The number of sulfonamides is 1. The molecule has 4 N–H and O–H groups in total. The fourth-order valence-electron chi connectivity index (χ4n) is 3.00. The lowest BCUT2D eigenvalue weighted by Crippen LogP contribution is -2.36. The molecule has 0 aliphatic rings. The molecular formula is C20H24N4O3S. The van der Waals surface area contributed by atoms with Crippen LogP contribution in [0.5, 0.6) is 0 Å². The van der Waals surface area contributed by atoms with Crippen molar-refractivity contribution in [3.8, 4) is 0 Å². The third-order valence-corrected chi connectivity index (χ3v) is 5.95. The molecule has 0 fully saturated rings. The summed E-state index contributed by atoms with van der Waals surface area (Å²) in [5, 5.41) is 6.74. The normalized spacial score (nSPS) is 11.5. The first-order valence-corrected chi connectivity index (χ1v) is 10.5. The number of rotatable bonds is 7. The third-order valence-electron chi connectivity index (χ3n) is 4.53. The van der Waals surface area contributed by atoms with Crippen LogP contribution in [0.1, 0.15) is 16.7 Å². The minimum absolute atomic E-state index is 0.171. The van der Waals surface area contributed by atoms with Gasteiger partial charge >= 0.3 is 6.03 Å². The number of aromatic nitrogens is 1. The van der Waals surface area contributed by atoms with Crippen LogP contribution in [-0.4, -0.2) is 33.0 Å². The highest BCUT2D eigenvalue weighted by Crippen LogP contribution is 2.19. The molecule has 0 aliphatic heterocycles. The van der Waals surface area contributed by atoms with E-state index in [1.807, 2.05) is 6.20 Å². The van der Waals surface area contributed by atoms with Gasteiger partial charge in [-0.1, -0.05) is 24.3 Å². The lowest BCUT2D eigenvalue weighted by Gasteiger charge is -2.09. The second kappa shape index (κ2) is 8.45. The Labute approximate surface area is 164 Å². The Kier molecular flexibility index (Phi) is 6.01. The van der Waals surface area contributed by atoms with Gasteiger partial charge in [0.15, 0.2) is 0 Å². The molecular weight excluding hydrogens is 376 g/mol. The largest absolute Gasteiger partial charge is 0.361 e. The van der Waals surface area contributed by atoms with Gasteiger partial charge in [0, 0.05) is 30.2 Å². The van der Waals surface area contributed by atoms with Crippen molar-refractivity contribution in [3.05, 3.63) is 65.4 Å². The lowest BCUT2D eigenvalue weighted by molar-refractivity contribution is 0.240. The minimum Gasteiger partial charge on any atom is -0.361 e. The topological polar surface area (TPSA) is 103 Å². The van der Waals surface area contributed by atoms with Gasteiger partial charge in [0.2, 0.25) is 10.0 Å². The fraction of sp³-hybridized carbons (Fsp3) is 0.250. The van der Waals surface area contributed by atoms with Gasteiger partial charge in [0.1, 0.15) is 0 Å². The minimum atomic E-state index is -3.50. The maximum atomic E-state index is 12.0. The molecule has 0 aliphatic carbocycles. The summed E-state index contributed by atoms with van der Waals surface area (Å²) in [6.45, 7) is 2.79. The molecule has 148 valence electrons. The molecule has 0 saturated carbocycles. The number of carbonyl (C=O) groups excluding carboxylic acids is 1. The van der Waals surface area contributed by atoms with Crippen molar-refractivity contribution in [2.75, 3.05) is 13.6 Å². The molecule has 7 nitrogen and oxygen atoms in total. The molecule has 0 bridgehead atoms. The molecule has 0 unspecified atom stereocenters. The van der Waals surface area contributed by atoms with Crippen molar-refractivity contribution in [2.45, 2.75) is 24.8 Å². The van der Waals surface area contributed by atoms with Crippen molar-refractivity contribution < 1.29 is 13.2 Å². The van der Waals surface area contributed by atoms with Crippen molar-refractivity contribution >= 4 is 27.0 Å². The maximum Gasteiger partial charge on any atom is 0.315 e. The molecule has 0 saturated heterocycles. The summed E-state index contributed by atoms with van der Waals surface area (Å²) in [4.78, 5) is 15.5. The van der Waals surface area contributed by atoms with E-state index in [-0.39, 0.29) is 17.5 Å². The number of H-pyrrole nitrogens is 1. The summed E-state index contributed by atoms with van der Waals surface area (Å²) >= 11 is 0. The SMILES string of the molecule is CNS(=O)(=O)c1cccc(CNC(=O)NCCc2c[nH]c3cc(C)ccc23)c1. The van der Waals surface area contributed by atoms with Gasteiger partial charge in [-0.2, -0.15) is 0 Å². The van der Waals surface area contributed by atoms with Crippen molar-refractivity contribution in [3.63, 3.8) is 0 Å². The van der Waals surface area contributed by atoms with Crippen LogP contribution >= 0.6 is 0 Å². The van der Waals surface area contributed by atoms with E-state index in [1.54, 1.807) is 18.2 Å². The second-order valence-corrected chi connectivity index (χ2v) is 8.46. The molecule has 3 rings (SSSR count). The monoisotopic (exact) mass is 400 g/mol. The fourth-order valence-corrected chi connectivity index (χ4v) is 3.80. The number of hydrogen-bond donors (Lipinski definition) is 4. The highest BCUT2D eigenvalue weighted by Gasteiger charge is 2.11. The van der Waals surface area contributed by atoms with E-state index in [0.29, 0.717) is 18.5 Å². The van der Waals surface area contributed by atoms with Crippen molar-refractivity contribution in [1.82, 2.24) is 20.3 Å². The Bertz CT molecular complexity index is 1090. The summed E-state index contributed by atoms with van der Waals surface area (Å²) < 4.78 is 26.0. The predicted octanol–water partition coefficient (Wildman–Crippen LogP) is 2.43. The molecule has 0 atom stereocenters. The van der Waals surface area contributed by atoms with Gasteiger partial charge in [0.25, 0.3) is 0 Å². The lowest BCUT2D eigenvalue weighted by atomic mass is 10.1. The smallest absolute Gasteiger partial charge is 0.315 e. The summed E-state index contributed by atoms with van der Waals surface area (Å²) in [7, 11) is -2.14. The first-order valence-electron chi connectivity index (χ1n) is 9.00. The van der Waals surface area contributed by atoms with Crippen LogP contribution in [0, 0.1) is 6.92 Å². The number of fused-ring (bicyclic) bond motifs is 1. The Balaban J connectivity index is 1.50. The quantitative estimate of drug-likeness (QED) is 0.490. The summed E-state index contributed by atoms with van der Waals surface area (Å²) in [6, 6.07) is 12.4. The van der Waals surface area contributed by atoms with Crippen LogP contribution in [0.4, 0.5) is 4.79 Å². The number of aryl methyl sites for hydroxylation is 1. The van der Waals surface area contributed by atoms with E-state index >= 15 is 0 Å². The molecule has 2 amide bonds. The molecule has 1 aromatic heterocycles. The van der Waals surface area contributed by atoms with Crippen LogP contribution < -0.4 is 15.4 Å². The van der Waals surface area contributed by atoms with E-state index in [1.165, 1.54) is 18.7 Å². The van der Waals surface area contributed by atoms with Crippen LogP contribution in [0.3, 0.4) is 0 Å². The van der Waals surface area contributed by atoms with Crippen LogP contribution in [0.2, 0.25) is 0 Å². The van der Waals surface area contributed by atoms with Gasteiger partial charge in [-0.15, -0.1) is 0 Å². The second-order valence-electron chi connectivity index (χ2n) is 6.58. The zero-order valence-electron chi connectivity index (χ0n) is 15.9. The molecule has 1 heterocycles. The first-order chi connectivity index (χ1) is 13.4. The van der Waals surface area contributed by atoms with E-state index in [4.69, 9.17) is 0 Å². The van der Waals surface area contributed by atoms with Crippen LogP contribution in [0.25, 0.3) is 10.9 Å². The molecule has 0 radical (unpaired) electrons. The zero-order valence-corrected chi connectivity index (χ0v) is 16.7. The van der Waals surface area contributed by atoms with E-state index in [9.17, 15) is 13.2 Å². The first kappa shape index (κ1) is 19.9. The number of nitrogens with one attached hydrogen (secondary N) is 4. The van der Waals surface area contributed by atoms with Gasteiger partial charge in [-0.25, -0.2) is 17.9 Å². The number of carbonyl (C=O) groups is 1. The van der Waals surface area contributed by atoms with Gasteiger partial charge < -0.3 is 15.6 Å². The molecule has 3 aromatic rings. The van der Waals surface area contributed by atoms with Gasteiger partial charge in [-0.3, -0.25) is 0 Å². The Morgan fingerprint density at radius 1 is 1.11 bits per heavy atom. The summed E-state index contributed by atoms with van der Waals surface area (Å²) in [5.41, 5.74) is 4.15. The zero-order chi connectivity index (χ0) is 20.1. The Morgan fingerprint density at radius 3 is 2.71 bits per heavy atom. The third kappa shape index (κ3) is 4.71. The van der Waals surface area contributed by atoms with Gasteiger partial charge in [-0.05, 0) is 55.3 Å². The Morgan fingerprint density at radius 2 is 1.93 bits per heavy atom. The standard InChI is InChI=1S/C20H24N4O3S/c1-14-6-7-18-16(13-23-19(18)10-14)8-9-22-20(25)24-12-15-4-3-5-17(11-15)28(26,27)21-2/h3-7,10-11,13,21,23H,8-9,12H2,1-2H3,(H2,22,24,25). The number of hydrogen-bond acceptors (Lipinski definition) is 3. The van der Waals surface area contributed by atoms with E-state index in [0.717, 1.165) is 16.5 Å². The van der Waals surface area contributed by atoms with Gasteiger partial charge in [0.05, 0.1) is 4.90 Å².